The summed E-state index contributed by atoms with van der Waals surface area (Å²) >= 11 is 11.9. The number of hydrogen-bond acceptors (Lipinski definition) is 5. The molecule has 1 heterocycles. The van der Waals surface area contributed by atoms with E-state index in [2.05, 4.69) is 5.10 Å². The molecule has 6 nitrogen and oxygen atoms in total. The Hall–Kier alpha value is -1.75. The Morgan fingerprint density at radius 2 is 2.14 bits per heavy atom. The summed E-state index contributed by atoms with van der Waals surface area (Å²) in [6.45, 7) is 1.76. The molecule has 0 aliphatic rings. The second-order valence-corrected chi connectivity index (χ2v) is 5.39. The number of rotatable bonds is 4. The zero-order valence-electron chi connectivity index (χ0n) is 10.7. The summed E-state index contributed by atoms with van der Waals surface area (Å²) in [5, 5.41) is 13.8. The summed E-state index contributed by atoms with van der Waals surface area (Å²) in [6, 6.07) is 6.52. The molecule has 2 rings (SSSR count). The Bertz CT molecular complexity index is 801. The van der Waals surface area contributed by atoms with Crippen molar-refractivity contribution in [3.63, 3.8) is 0 Å². The van der Waals surface area contributed by atoms with E-state index >= 15 is 0 Å². The lowest BCUT2D eigenvalue weighted by atomic mass is 10.2. The normalized spacial score (nSPS) is 10.6. The predicted molar refractivity (Wildman–Crippen MR) is 78.6 cm³/mol. The smallest absolute Gasteiger partial charge is 0.300 e. The molecule has 9 heteroatoms. The molecule has 0 amide bonds. The van der Waals surface area contributed by atoms with Crippen LogP contribution in [0.15, 0.2) is 18.2 Å². The van der Waals surface area contributed by atoms with Crippen molar-refractivity contribution in [2.24, 2.45) is 0 Å². The average Bonchev–Trinajstić information content (AvgIpc) is 2.75. The Morgan fingerprint density at radius 1 is 1.43 bits per heavy atom. The maximum absolute atomic E-state index is 10.9. The highest BCUT2D eigenvalue weighted by atomic mass is 35.5. The molecule has 0 spiro atoms. The third kappa shape index (κ3) is 3.13. The minimum Gasteiger partial charge on any atom is -0.363 e. The van der Waals surface area contributed by atoms with Gasteiger partial charge in [0.2, 0.25) is 5.88 Å². The SMILES string of the molecule is CCc1c(C#N)nn(-c2ccc(Cl)cc2Cl)c1O[SH](=O)=O. The number of nitrogens with zero attached hydrogens (tertiary/aromatic N) is 3. The lowest BCUT2D eigenvalue weighted by molar-refractivity contribution is 0.484. The molecule has 0 aliphatic heterocycles. The Morgan fingerprint density at radius 3 is 2.67 bits per heavy atom. The molecule has 110 valence electrons. The standard InChI is InChI=1S/C12H9Cl2N3O3S/c1-2-8-10(6-15)16-17(12(8)20-21(18)19)11-4-3-7(13)5-9(11)14/h3-5,21H,2H2,1H3. The Balaban J connectivity index is 2.73. The van der Waals surface area contributed by atoms with E-state index in [9.17, 15) is 8.42 Å². The van der Waals surface area contributed by atoms with Crippen molar-refractivity contribution in [1.82, 2.24) is 9.78 Å². The van der Waals surface area contributed by atoms with E-state index in [1.54, 1.807) is 19.1 Å². The van der Waals surface area contributed by atoms with E-state index in [0.29, 0.717) is 22.7 Å². The number of benzene rings is 1. The van der Waals surface area contributed by atoms with Gasteiger partial charge < -0.3 is 4.18 Å². The van der Waals surface area contributed by atoms with Gasteiger partial charge in [-0.3, -0.25) is 0 Å². The zero-order valence-corrected chi connectivity index (χ0v) is 13.1. The fraction of sp³-hybridized carbons (Fsp3) is 0.167. The second kappa shape index (κ2) is 6.35. The van der Waals surface area contributed by atoms with Crippen LogP contribution in [0.4, 0.5) is 0 Å². The van der Waals surface area contributed by atoms with Gasteiger partial charge in [0.15, 0.2) is 5.69 Å². The van der Waals surface area contributed by atoms with Gasteiger partial charge in [-0.05, 0) is 24.6 Å². The quantitative estimate of drug-likeness (QED) is 0.860. The lowest BCUT2D eigenvalue weighted by Gasteiger charge is -2.08. The van der Waals surface area contributed by atoms with Crippen molar-refractivity contribution < 1.29 is 12.6 Å². The number of hydrogen-bond donors (Lipinski definition) is 1. The number of thiol groups is 1. The van der Waals surface area contributed by atoms with Gasteiger partial charge in [-0.2, -0.15) is 23.5 Å². The lowest BCUT2D eigenvalue weighted by Crippen LogP contribution is -2.03. The minimum atomic E-state index is -3.15. The fourth-order valence-corrected chi connectivity index (χ4v) is 2.64. The van der Waals surface area contributed by atoms with Crippen molar-refractivity contribution in [2.75, 3.05) is 0 Å². The molecule has 1 aromatic carbocycles. The van der Waals surface area contributed by atoms with Crippen LogP contribution in [-0.2, 0) is 17.4 Å². The van der Waals surface area contributed by atoms with Crippen LogP contribution in [0.5, 0.6) is 5.88 Å². The summed E-state index contributed by atoms with van der Waals surface area (Å²) in [5.41, 5.74) is 0.835. The van der Waals surface area contributed by atoms with E-state index < -0.39 is 11.0 Å². The molecule has 0 atom stereocenters. The van der Waals surface area contributed by atoms with Gasteiger partial charge in [-0.1, -0.05) is 30.1 Å². The van der Waals surface area contributed by atoms with Crippen LogP contribution in [0.25, 0.3) is 5.69 Å². The molecule has 0 saturated heterocycles. The third-order valence-electron chi connectivity index (χ3n) is 2.69. The molecule has 0 fully saturated rings. The molecule has 0 N–H and O–H groups in total. The minimum absolute atomic E-state index is 0.0469. The first kappa shape index (κ1) is 15.6. The molecule has 0 unspecified atom stereocenters. The summed E-state index contributed by atoms with van der Waals surface area (Å²) in [7, 11) is -3.15. The highest BCUT2D eigenvalue weighted by Gasteiger charge is 2.21. The van der Waals surface area contributed by atoms with Crippen LogP contribution >= 0.6 is 23.2 Å². The summed E-state index contributed by atoms with van der Waals surface area (Å²) in [4.78, 5) is 0. The van der Waals surface area contributed by atoms with Gasteiger partial charge >= 0.3 is 11.0 Å². The maximum Gasteiger partial charge on any atom is 0.300 e. The molecular weight excluding hydrogens is 337 g/mol. The largest absolute Gasteiger partial charge is 0.363 e. The van der Waals surface area contributed by atoms with E-state index in [1.165, 1.54) is 10.7 Å². The first-order chi connectivity index (χ1) is 9.97. The van der Waals surface area contributed by atoms with Crippen molar-refractivity contribution in [3.8, 4) is 17.6 Å². The molecule has 0 radical (unpaired) electrons. The van der Waals surface area contributed by atoms with E-state index in [0.717, 1.165) is 0 Å². The Labute approximate surface area is 132 Å². The van der Waals surface area contributed by atoms with Crippen LogP contribution in [0.3, 0.4) is 0 Å². The predicted octanol–water partition coefficient (Wildman–Crippen LogP) is 2.52. The van der Waals surface area contributed by atoms with E-state index in [4.69, 9.17) is 32.6 Å². The van der Waals surface area contributed by atoms with Gasteiger partial charge in [0.25, 0.3) is 0 Å². The number of halogens is 2. The van der Waals surface area contributed by atoms with Gasteiger partial charge in [-0.25, -0.2) is 0 Å². The summed E-state index contributed by atoms with van der Waals surface area (Å²) in [6.07, 6.45) is 0.382. The Kier molecular flexibility index (Phi) is 4.73. The summed E-state index contributed by atoms with van der Waals surface area (Å²) in [5.74, 6) is -0.0469. The van der Waals surface area contributed by atoms with E-state index in [1.807, 2.05) is 6.07 Å². The van der Waals surface area contributed by atoms with Gasteiger partial charge in [0.05, 0.1) is 16.3 Å². The van der Waals surface area contributed by atoms with Crippen molar-refractivity contribution in [1.29, 1.82) is 5.26 Å². The highest BCUT2D eigenvalue weighted by Crippen LogP contribution is 2.31. The monoisotopic (exact) mass is 345 g/mol. The first-order valence-corrected chi connectivity index (χ1v) is 7.62. The van der Waals surface area contributed by atoms with Crippen molar-refractivity contribution in [3.05, 3.63) is 39.5 Å². The number of nitriles is 1. The molecule has 0 aliphatic carbocycles. The molecule has 21 heavy (non-hydrogen) atoms. The van der Waals surface area contributed by atoms with Crippen LogP contribution in [0.2, 0.25) is 10.0 Å². The van der Waals surface area contributed by atoms with Gasteiger partial charge in [0.1, 0.15) is 6.07 Å². The fourth-order valence-electron chi connectivity index (χ4n) is 1.82. The average molecular weight is 346 g/mol. The summed E-state index contributed by atoms with van der Waals surface area (Å²) < 4.78 is 27.8. The van der Waals surface area contributed by atoms with Crippen molar-refractivity contribution in [2.45, 2.75) is 13.3 Å². The van der Waals surface area contributed by atoms with Crippen LogP contribution in [0, 0.1) is 11.3 Å². The van der Waals surface area contributed by atoms with E-state index in [-0.39, 0.29) is 16.6 Å². The molecule has 0 bridgehead atoms. The van der Waals surface area contributed by atoms with Crippen molar-refractivity contribution >= 4 is 34.2 Å². The molecule has 1 aromatic heterocycles. The zero-order chi connectivity index (χ0) is 15.6. The molecule has 2 aromatic rings. The molecular formula is C12H9Cl2N3O3S. The second-order valence-electron chi connectivity index (χ2n) is 3.92. The highest BCUT2D eigenvalue weighted by molar-refractivity contribution is 7.67. The molecule has 0 saturated carbocycles. The van der Waals surface area contributed by atoms with Crippen LogP contribution < -0.4 is 4.18 Å². The number of aromatic nitrogens is 2. The third-order valence-corrected chi connectivity index (χ3v) is 3.55. The van der Waals surface area contributed by atoms with Gasteiger partial charge in [0, 0.05) is 5.02 Å². The van der Waals surface area contributed by atoms with Crippen LogP contribution in [-0.4, -0.2) is 18.2 Å². The topological polar surface area (TPSA) is 85.0 Å². The van der Waals surface area contributed by atoms with Crippen LogP contribution in [0.1, 0.15) is 18.2 Å². The first-order valence-electron chi connectivity index (χ1n) is 5.77. The maximum atomic E-state index is 10.9. The van der Waals surface area contributed by atoms with Gasteiger partial charge in [-0.15, -0.1) is 0 Å².